The van der Waals surface area contributed by atoms with Crippen LogP contribution in [0.3, 0.4) is 0 Å². The normalized spacial score (nSPS) is 11.6. The molecule has 0 radical (unpaired) electrons. The minimum absolute atomic E-state index is 0.109. The van der Waals surface area contributed by atoms with E-state index in [9.17, 15) is 10.2 Å². The third kappa shape index (κ3) is 7.81. The van der Waals surface area contributed by atoms with Crippen LogP contribution in [0.25, 0.3) is 12.2 Å². The van der Waals surface area contributed by atoms with Crippen LogP contribution in [0.5, 0.6) is 11.5 Å². The molecule has 0 aliphatic carbocycles. The van der Waals surface area contributed by atoms with Crippen LogP contribution in [-0.4, -0.2) is 36.4 Å². The Morgan fingerprint density at radius 1 is 0.500 bits per heavy atom. The summed E-state index contributed by atoms with van der Waals surface area (Å²) in [7, 11) is 0. The number of hydrogen-bond donors (Lipinski definition) is 2. The van der Waals surface area contributed by atoms with Gasteiger partial charge in [-0.25, -0.2) is 0 Å². The van der Waals surface area contributed by atoms with Crippen molar-refractivity contribution in [3.63, 3.8) is 0 Å². The molecule has 0 bridgehead atoms. The summed E-state index contributed by atoms with van der Waals surface area (Å²) in [6, 6.07) is 26.3. The number of azo groups is 2. The van der Waals surface area contributed by atoms with Crippen LogP contribution < -0.4 is 9.80 Å². The van der Waals surface area contributed by atoms with Gasteiger partial charge >= 0.3 is 0 Å². The van der Waals surface area contributed by atoms with Gasteiger partial charge in [-0.3, -0.25) is 0 Å². The summed E-state index contributed by atoms with van der Waals surface area (Å²) in [5, 5.41) is 37.7. The van der Waals surface area contributed by atoms with Gasteiger partial charge in [0, 0.05) is 49.7 Å². The van der Waals surface area contributed by atoms with E-state index in [1.165, 1.54) is 0 Å². The minimum atomic E-state index is 0.109. The molecule has 0 fully saturated rings. The van der Waals surface area contributed by atoms with Crippen molar-refractivity contribution in [2.45, 2.75) is 27.7 Å². The van der Waals surface area contributed by atoms with E-state index < -0.39 is 0 Å². The number of phenolic OH excluding ortho intramolecular Hbond substituents is 2. The molecule has 4 aromatic carbocycles. The molecule has 8 nitrogen and oxygen atoms in total. The van der Waals surface area contributed by atoms with Gasteiger partial charge in [0.1, 0.15) is 22.9 Å². The van der Waals surface area contributed by atoms with Gasteiger partial charge in [0.05, 0.1) is 11.4 Å². The fourth-order valence-electron chi connectivity index (χ4n) is 4.48. The molecule has 0 atom stereocenters. The van der Waals surface area contributed by atoms with E-state index >= 15 is 0 Å². The first-order valence-corrected chi connectivity index (χ1v) is 14.3. The lowest BCUT2D eigenvalue weighted by Gasteiger charge is -2.21. The van der Waals surface area contributed by atoms with Crippen LogP contribution in [0.2, 0.25) is 0 Å². The molecular weight excluding hydrogens is 524 g/mol. The maximum absolute atomic E-state index is 10.4. The van der Waals surface area contributed by atoms with Crippen molar-refractivity contribution in [3.8, 4) is 11.5 Å². The molecule has 216 valence electrons. The Bertz CT molecular complexity index is 1420. The van der Waals surface area contributed by atoms with E-state index in [0.717, 1.165) is 48.7 Å². The minimum Gasteiger partial charge on any atom is -0.506 e. The van der Waals surface area contributed by atoms with E-state index in [0.29, 0.717) is 22.7 Å². The van der Waals surface area contributed by atoms with E-state index in [1.807, 2.05) is 72.8 Å². The van der Waals surface area contributed by atoms with Crippen molar-refractivity contribution in [1.29, 1.82) is 0 Å². The Hall–Kier alpha value is -4.98. The Morgan fingerprint density at radius 2 is 0.857 bits per heavy atom. The summed E-state index contributed by atoms with van der Waals surface area (Å²) in [4.78, 5) is 4.32. The zero-order chi connectivity index (χ0) is 29.9. The first-order chi connectivity index (χ1) is 20.4. The smallest absolute Gasteiger partial charge is 0.145 e. The van der Waals surface area contributed by atoms with E-state index in [1.54, 1.807) is 24.3 Å². The summed E-state index contributed by atoms with van der Waals surface area (Å²) >= 11 is 0. The fourth-order valence-corrected chi connectivity index (χ4v) is 4.48. The Kier molecular flexibility index (Phi) is 10.4. The second-order valence-corrected chi connectivity index (χ2v) is 9.61. The molecule has 0 aromatic heterocycles. The lowest BCUT2D eigenvalue weighted by molar-refractivity contribution is 0.476. The van der Waals surface area contributed by atoms with E-state index in [2.05, 4.69) is 58.0 Å². The van der Waals surface area contributed by atoms with Crippen molar-refractivity contribution in [3.05, 3.63) is 96.1 Å². The monoisotopic (exact) mass is 562 g/mol. The molecule has 0 amide bonds. The standard InChI is InChI=1S/C34H38N6O2/c1-5-39(6-2)29-19-21-31(33(41)23-29)37-35-27-15-11-25(12-16-27)9-10-26-13-17-28(18-14-26)36-38-32-22-20-30(24-34(32)42)40(7-3)8-4/h9-24,41-42H,5-8H2,1-4H3/b10-9+,37-35?,38-36?. The Balaban J connectivity index is 1.35. The number of aromatic hydroxyl groups is 2. The van der Waals surface area contributed by atoms with E-state index in [4.69, 9.17) is 0 Å². The first-order valence-electron chi connectivity index (χ1n) is 14.3. The van der Waals surface area contributed by atoms with Crippen LogP contribution >= 0.6 is 0 Å². The molecule has 4 aromatic rings. The van der Waals surface area contributed by atoms with Crippen molar-refractivity contribution >= 4 is 46.3 Å². The molecule has 0 aliphatic rings. The number of rotatable bonds is 12. The number of hydrogen-bond acceptors (Lipinski definition) is 8. The van der Waals surface area contributed by atoms with Crippen molar-refractivity contribution in [2.75, 3.05) is 36.0 Å². The average Bonchev–Trinajstić information content (AvgIpc) is 3.01. The third-order valence-electron chi connectivity index (χ3n) is 6.98. The predicted molar refractivity (Wildman–Crippen MR) is 173 cm³/mol. The van der Waals surface area contributed by atoms with Gasteiger partial charge in [0.25, 0.3) is 0 Å². The number of anilines is 2. The summed E-state index contributed by atoms with van der Waals surface area (Å²) in [6.45, 7) is 11.8. The molecule has 42 heavy (non-hydrogen) atoms. The SMILES string of the molecule is CCN(CC)c1ccc(N=Nc2ccc(/C=C/c3ccc(N=Nc4ccc(N(CC)CC)cc4O)cc3)cc2)c(O)c1. The second-order valence-electron chi connectivity index (χ2n) is 9.61. The van der Waals surface area contributed by atoms with Gasteiger partial charge < -0.3 is 20.0 Å². The molecular formula is C34H38N6O2. The Labute approximate surface area is 248 Å². The molecule has 0 heterocycles. The molecule has 4 rings (SSSR count). The third-order valence-corrected chi connectivity index (χ3v) is 6.98. The summed E-state index contributed by atoms with van der Waals surface area (Å²) < 4.78 is 0. The van der Waals surface area contributed by atoms with Crippen LogP contribution in [0.1, 0.15) is 38.8 Å². The zero-order valence-corrected chi connectivity index (χ0v) is 24.6. The maximum Gasteiger partial charge on any atom is 0.145 e. The van der Waals surface area contributed by atoms with Crippen molar-refractivity contribution in [1.82, 2.24) is 0 Å². The summed E-state index contributed by atoms with van der Waals surface area (Å²) in [6.07, 6.45) is 4.04. The van der Waals surface area contributed by atoms with Gasteiger partial charge in [0.15, 0.2) is 0 Å². The highest BCUT2D eigenvalue weighted by Crippen LogP contribution is 2.33. The van der Waals surface area contributed by atoms with Gasteiger partial charge in [-0.1, -0.05) is 36.4 Å². The summed E-state index contributed by atoms with van der Waals surface area (Å²) in [5.74, 6) is 0.218. The summed E-state index contributed by atoms with van der Waals surface area (Å²) in [5.41, 5.74) is 6.23. The molecule has 0 saturated heterocycles. The molecule has 0 aliphatic heterocycles. The molecule has 0 spiro atoms. The van der Waals surface area contributed by atoms with Crippen LogP contribution in [0.15, 0.2) is 105 Å². The Morgan fingerprint density at radius 3 is 1.17 bits per heavy atom. The van der Waals surface area contributed by atoms with Gasteiger partial charge in [0.2, 0.25) is 0 Å². The molecule has 2 N–H and O–H groups in total. The molecule has 0 saturated carbocycles. The number of nitrogens with zero attached hydrogens (tertiary/aromatic N) is 6. The lowest BCUT2D eigenvalue weighted by atomic mass is 10.1. The number of benzene rings is 4. The van der Waals surface area contributed by atoms with Crippen molar-refractivity contribution in [2.24, 2.45) is 20.5 Å². The zero-order valence-electron chi connectivity index (χ0n) is 24.6. The predicted octanol–water partition coefficient (Wildman–Crippen LogP) is 9.79. The number of phenols is 2. The lowest BCUT2D eigenvalue weighted by Crippen LogP contribution is -2.21. The van der Waals surface area contributed by atoms with Gasteiger partial charge in [-0.15, -0.1) is 10.2 Å². The van der Waals surface area contributed by atoms with Gasteiger partial charge in [-0.05, 0) is 87.4 Å². The van der Waals surface area contributed by atoms with Crippen LogP contribution in [0, 0.1) is 0 Å². The first kappa shape index (κ1) is 30.0. The topological polar surface area (TPSA) is 96.4 Å². The molecule has 0 unspecified atom stereocenters. The average molecular weight is 563 g/mol. The second kappa shape index (κ2) is 14.6. The highest BCUT2D eigenvalue weighted by Gasteiger charge is 2.08. The van der Waals surface area contributed by atoms with Gasteiger partial charge in [-0.2, -0.15) is 10.2 Å². The quantitative estimate of drug-likeness (QED) is 0.133. The van der Waals surface area contributed by atoms with E-state index in [-0.39, 0.29) is 11.5 Å². The van der Waals surface area contributed by atoms with Crippen LogP contribution in [0.4, 0.5) is 34.1 Å². The maximum atomic E-state index is 10.4. The van der Waals surface area contributed by atoms with Crippen LogP contribution in [-0.2, 0) is 0 Å². The van der Waals surface area contributed by atoms with Crippen molar-refractivity contribution < 1.29 is 10.2 Å². The molecule has 8 heteroatoms. The highest BCUT2D eigenvalue weighted by molar-refractivity contribution is 5.71. The highest BCUT2D eigenvalue weighted by atomic mass is 16.3. The largest absolute Gasteiger partial charge is 0.506 e. The fraction of sp³-hybridized carbons (Fsp3) is 0.235.